The highest BCUT2D eigenvalue weighted by atomic mass is 35.5. The summed E-state index contributed by atoms with van der Waals surface area (Å²) >= 11 is 5.41. The van der Waals surface area contributed by atoms with E-state index in [0.717, 1.165) is 13.1 Å². The summed E-state index contributed by atoms with van der Waals surface area (Å²) in [5.74, 6) is -0.114. The van der Waals surface area contributed by atoms with E-state index < -0.39 is 6.03 Å². The Morgan fingerprint density at radius 1 is 1.28 bits per heavy atom. The molecule has 0 aromatic rings. The van der Waals surface area contributed by atoms with E-state index in [1.807, 2.05) is 0 Å². The van der Waals surface area contributed by atoms with Crippen LogP contribution in [-0.4, -0.2) is 48.4 Å². The van der Waals surface area contributed by atoms with Crippen molar-refractivity contribution in [3.63, 3.8) is 0 Å². The second kappa shape index (κ2) is 8.32. The normalized spacial score (nSPS) is 18.1. The van der Waals surface area contributed by atoms with Crippen LogP contribution in [0, 0.1) is 0 Å². The predicted molar refractivity (Wildman–Crippen MR) is 71.8 cm³/mol. The molecule has 1 atom stereocenters. The number of alkyl halides is 1. The first-order chi connectivity index (χ1) is 8.63. The highest BCUT2D eigenvalue weighted by Gasteiger charge is 2.17. The molecule has 1 aliphatic heterocycles. The average molecular weight is 276 g/mol. The number of hydrogen-bond acceptors (Lipinski definition) is 3. The standard InChI is InChI=1S/C12H22ClN3O2/c1-10(16-7-3-2-4-8-16)9-14-12(18)15-11(17)5-6-13/h10H,2-9H2,1H3,(H2,14,15,17,18). The van der Waals surface area contributed by atoms with Crippen molar-refractivity contribution in [1.29, 1.82) is 0 Å². The maximum absolute atomic E-state index is 11.4. The molecule has 3 amide bonds. The van der Waals surface area contributed by atoms with E-state index >= 15 is 0 Å². The van der Waals surface area contributed by atoms with Crippen LogP contribution in [0.5, 0.6) is 0 Å². The Morgan fingerprint density at radius 3 is 2.56 bits per heavy atom. The average Bonchev–Trinajstić information content (AvgIpc) is 2.37. The monoisotopic (exact) mass is 275 g/mol. The topological polar surface area (TPSA) is 61.4 Å². The molecule has 1 saturated heterocycles. The second-order valence-corrected chi connectivity index (χ2v) is 5.02. The molecule has 1 aliphatic rings. The molecule has 0 bridgehead atoms. The van der Waals surface area contributed by atoms with E-state index in [9.17, 15) is 9.59 Å². The van der Waals surface area contributed by atoms with Crippen molar-refractivity contribution in [3.05, 3.63) is 0 Å². The minimum atomic E-state index is -0.436. The molecule has 0 spiro atoms. The number of carbonyl (C=O) groups excluding carboxylic acids is 2. The zero-order valence-corrected chi connectivity index (χ0v) is 11.6. The van der Waals surface area contributed by atoms with E-state index in [1.165, 1.54) is 19.3 Å². The van der Waals surface area contributed by atoms with Gasteiger partial charge in [0, 0.05) is 24.9 Å². The van der Waals surface area contributed by atoms with E-state index in [2.05, 4.69) is 22.5 Å². The van der Waals surface area contributed by atoms with Gasteiger partial charge in [0.25, 0.3) is 0 Å². The summed E-state index contributed by atoms with van der Waals surface area (Å²) in [6.07, 6.45) is 3.91. The van der Waals surface area contributed by atoms with Crippen molar-refractivity contribution < 1.29 is 9.59 Å². The lowest BCUT2D eigenvalue weighted by molar-refractivity contribution is -0.119. The molecule has 1 heterocycles. The number of carbonyl (C=O) groups is 2. The van der Waals surface area contributed by atoms with Crippen LogP contribution in [0.4, 0.5) is 4.79 Å². The molecule has 6 heteroatoms. The van der Waals surface area contributed by atoms with E-state index in [1.54, 1.807) is 0 Å². The Hall–Kier alpha value is -0.810. The van der Waals surface area contributed by atoms with Gasteiger partial charge in [-0.25, -0.2) is 4.79 Å². The smallest absolute Gasteiger partial charge is 0.321 e. The Labute approximate surface area is 113 Å². The van der Waals surface area contributed by atoms with E-state index in [0.29, 0.717) is 12.6 Å². The van der Waals surface area contributed by atoms with Gasteiger partial charge in [0.1, 0.15) is 0 Å². The maximum atomic E-state index is 11.4. The van der Waals surface area contributed by atoms with Crippen molar-refractivity contribution in [3.8, 4) is 0 Å². The van der Waals surface area contributed by atoms with Crippen molar-refractivity contribution in [2.24, 2.45) is 0 Å². The quantitative estimate of drug-likeness (QED) is 0.744. The number of hydrogen-bond donors (Lipinski definition) is 2. The van der Waals surface area contributed by atoms with Gasteiger partial charge in [-0.3, -0.25) is 15.0 Å². The minimum Gasteiger partial charge on any atom is -0.336 e. The number of amides is 3. The van der Waals surface area contributed by atoms with Gasteiger partial charge >= 0.3 is 6.03 Å². The lowest BCUT2D eigenvalue weighted by Gasteiger charge is -2.32. The van der Waals surface area contributed by atoms with Gasteiger partial charge in [-0.1, -0.05) is 6.42 Å². The SMILES string of the molecule is CC(CNC(=O)NC(=O)CCCl)N1CCCCC1. The Balaban J connectivity index is 2.18. The number of imide groups is 1. The Bertz CT molecular complexity index is 280. The van der Waals surface area contributed by atoms with Gasteiger partial charge < -0.3 is 5.32 Å². The van der Waals surface area contributed by atoms with Crippen LogP contribution >= 0.6 is 11.6 Å². The van der Waals surface area contributed by atoms with Crippen molar-refractivity contribution in [1.82, 2.24) is 15.5 Å². The molecule has 18 heavy (non-hydrogen) atoms. The van der Waals surface area contributed by atoms with Gasteiger partial charge in [-0.2, -0.15) is 0 Å². The molecule has 104 valence electrons. The van der Waals surface area contributed by atoms with Crippen molar-refractivity contribution >= 4 is 23.5 Å². The van der Waals surface area contributed by atoms with E-state index in [4.69, 9.17) is 11.6 Å². The lowest BCUT2D eigenvalue weighted by atomic mass is 10.1. The van der Waals surface area contributed by atoms with E-state index in [-0.39, 0.29) is 18.2 Å². The summed E-state index contributed by atoms with van der Waals surface area (Å²) < 4.78 is 0. The summed E-state index contributed by atoms with van der Waals surface area (Å²) in [4.78, 5) is 24.9. The molecule has 1 rings (SSSR count). The molecule has 5 nitrogen and oxygen atoms in total. The largest absolute Gasteiger partial charge is 0.336 e. The fraction of sp³-hybridized carbons (Fsp3) is 0.833. The molecule has 1 unspecified atom stereocenters. The summed E-state index contributed by atoms with van der Waals surface area (Å²) in [5, 5.41) is 4.96. The summed E-state index contributed by atoms with van der Waals surface area (Å²) in [6.45, 7) is 4.83. The first-order valence-electron chi connectivity index (χ1n) is 6.51. The minimum absolute atomic E-state index is 0.163. The summed E-state index contributed by atoms with van der Waals surface area (Å²) in [5.41, 5.74) is 0. The van der Waals surface area contributed by atoms with Gasteiger partial charge in [0.05, 0.1) is 0 Å². The van der Waals surface area contributed by atoms with Crippen molar-refractivity contribution in [2.45, 2.75) is 38.6 Å². The Kier molecular flexibility index (Phi) is 7.05. The molecular formula is C12H22ClN3O2. The highest BCUT2D eigenvalue weighted by Crippen LogP contribution is 2.11. The molecule has 0 aliphatic carbocycles. The highest BCUT2D eigenvalue weighted by molar-refractivity contribution is 6.19. The van der Waals surface area contributed by atoms with Crippen LogP contribution in [0.15, 0.2) is 0 Å². The molecule has 1 fully saturated rings. The van der Waals surface area contributed by atoms with Gasteiger partial charge in [-0.15, -0.1) is 11.6 Å². The number of nitrogens with zero attached hydrogens (tertiary/aromatic N) is 1. The van der Waals surface area contributed by atoms with Crippen LogP contribution in [0.2, 0.25) is 0 Å². The van der Waals surface area contributed by atoms with Crippen LogP contribution < -0.4 is 10.6 Å². The zero-order chi connectivity index (χ0) is 13.4. The molecule has 2 N–H and O–H groups in total. The number of likely N-dealkylation sites (tertiary alicyclic amines) is 1. The number of nitrogens with one attached hydrogen (secondary N) is 2. The van der Waals surface area contributed by atoms with Gasteiger partial charge in [-0.05, 0) is 32.9 Å². The molecule has 0 aromatic carbocycles. The molecule has 0 radical (unpaired) electrons. The number of piperidine rings is 1. The molecule has 0 saturated carbocycles. The Morgan fingerprint density at radius 2 is 1.94 bits per heavy atom. The molecule has 0 aromatic heterocycles. The van der Waals surface area contributed by atoms with Gasteiger partial charge in [0.2, 0.25) is 5.91 Å². The lowest BCUT2D eigenvalue weighted by Crippen LogP contribution is -2.47. The predicted octanol–water partition coefficient (Wildman–Crippen LogP) is 1.32. The summed E-state index contributed by atoms with van der Waals surface area (Å²) in [6, 6.07) is -0.131. The van der Waals surface area contributed by atoms with Crippen LogP contribution in [0.1, 0.15) is 32.6 Å². The maximum Gasteiger partial charge on any atom is 0.321 e. The number of halogens is 1. The van der Waals surface area contributed by atoms with Crippen molar-refractivity contribution in [2.75, 3.05) is 25.5 Å². The second-order valence-electron chi connectivity index (χ2n) is 4.64. The fourth-order valence-corrected chi connectivity index (χ4v) is 2.22. The summed E-state index contributed by atoms with van der Waals surface area (Å²) in [7, 11) is 0. The third kappa shape index (κ3) is 5.69. The molecular weight excluding hydrogens is 254 g/mol. The first kappa shape index (κ1) is 15.2. The zero-order valence-electron chi connectivity index (χ0n) is 10.9. The van der Waals surface area contributed by atoms with Crippen LogP contribution in [-0.2, 0) is 4.79 Å². The fourth-order valence-electron chi connectivity index (χ4n) is 2.05. The third-order valence-electron chi connectivity index (χ3n) is 3.15. The third-order valence-corrected chi connectivity index (χ3v) is 3.34. The van der Waals surface area contributed by atoms with Crippen LogP contribution in [0.25, 0.3) is 0 Å². The number of rotatable bonds is 5. The van der Waals surface area contributed by atoms with Crippen LogP contribution in [0.3, 0.4) is 0 Å². The van der Waals surface area contributed by atoms with Gasteiger partial charge in [0.15, 0.2) is 0 Å². The number of urea groups is 1. The first-order valence-corrected chi connectivity index (χ1v) is 7.04.